The van der Waals surface area contributed by atoms with Gasteiger partial charge in [-0.1, -0.05) is 6.07 Å². The van der Waals surface area contributed by atoms with Gasteiger partial charge in [-0.05, 0) is 19.1 Å². The molecule has 2 aromatic carbocycles. The van der Waals surface area contributed by atoms with E-state index in [2.05, 4.69) is 5.32 Å². The number of nitrogens with one attached hydrogen (secondary N) is 1. The van der Waals surface area contributed by atoms with E-state index in [-0.39, 0.29) is 22.6 Å². The largest absolute Gasteiger partial charge is 0.505 e. The first kappa shape index (κ1) is 21.3. The number of halogens is 3. The topological polar surface area (TPSA) is 89.9 Å². The SMILES string of the molecule is CC(CC(F)(F)F)N(C)c1c(Nc2cccc(C(=O)N(C)C)c2O)c(=O)c1=O. The summed E-state index contributed by atoms with van der Waals surface area (Å²) in [5, 5.41) is 12.9. The molecule has 0 saturated carbocycles. The van der Waals surface area contributed by atoms with Crippen LogP contribution >= 0.6 is 0 Å². The Morgan fingerprint density at radius 2 is 1.79 bits per heavy atom. The molecule has 0 spiro atoms. The number of hydrogen-bond acceptors (Lipinski definition) is 6. The third kappa shape index (κ3) is 4.10. The monoisotopic (exact) mass is 399 g/mol. The Hall–Kier alpha value is -3.04. The molecule has 2 N–H and O–H groups in total. The molecule has 28 heavy (non-hydrogen) atoms. The van der Waals surface area contributed by atoms with Gasteiger partial charge in [-0.25, -0.2) is 0 Å². The molecule has 152 valence electrons. The number of phenols is 1. The van der Waals surface area contributed by atoms with Crippen molar-refractivity contribution in [3.63, 3.8) is 0 Å². The summed E-state index contributed by atoms with van der Waals surface area (Å²) < 4.78 is 37.9. The van der Waals surface area contributed by atoms with Crippen molar-refractivity contribution < 1.29 is 23.1 Å². The first-order valence-corrected chi connectivity index (χ1v) is 8.28. The Morgan fingerprint density at radius 3 is 2.32 bits per heavy atom. The van der Waals surface area contributed by atoms with Crippen molar-refractivity contribution in [2.75, 3.05) is 31.4 Å². The normalized spacial score (nSPS) is 12.7. The Kier molecular flexibility index (Phi) is 5.72. The Morgan fingerprint density at radius 1 is 1.18 bits per heavy atom. The van der Waals surface area contributed by atoms with Crippen LogP contribution in [0.2, 0.25) is 0 Å². The van der Waals surface area contributed by atoms with E-state index in [0.29, 0.717) is 0 Å². The van der Waals surface area contributed by atoms with Crippen LogP contribution in [0.1, 0.15) is 23.7 Å². The van der Waals surface area contributed by atoms with Crippen LogP contribution in [0.3, 0.4) is 0 Å². The summed E-state index contributed by atoms with van der Waals surface area (Å²) in [6.45, 7) is 1.28. The van der Waals surface area contributed by atoms with Crippen molar-refractivity contribution in [2.45, 2.75) is 25.6 Å². The maximum absolute atomic E-state index is 12.6. The molecule has 0 aliphatic heterocycles. The maximum Gasteiger partial charge on any atom is 0.391 e. The van der Waals surface area contributed by atoms with E-state index in [1.165, 1.54) is 51.2 Å². The number of alkyl halides is 3. The van der Waals surface area contributed by atoms with Crippen molar-refractivity contribution in [1.82, 2.24) is 4.90 Å². The first-order valence-electron chi connectivity index (χ1n) is 8.28. The van der Waals surface area contributed by atoms with Crippen molar-refractivity contribution in [3.8, 4) is 5.75 Å². The summed E-state index contributed by atoms with van der Waals surface area (Å²) in [5.41, 5.74) is -2.31. The van der Waals surface area contributed by atoms with E-state index >= 15 is 0 Å². The van der Waals surface area contributed by atoms with Crippen LogP contribution < -0.4 is 21.1 Å². The molecule has 7 nitrogen and oxygen atoms in total. The molecular formula is C18H20F3N3O4. The Bertz CT molecular complexity index is 962. The van der Waals surface area contributed by atoms with Gasteiger partial charge >= 0.3 is 6.18 Å². The molecule has 1 amide bonds. The standard InChI is InChI=1S/C18H20F3N3O4/c1-9(8-18(19,20)21)24(4)13-12(15(26)16(13)27)22-11-7-5-6-10(14(11)25)17(28)23(2)3/h5-7,9,22,25H,8H2,1-4H3. The Balaban J connectivity index is 2.36. The fourth-order valence-electron chi connectivity index (χ4n) is 2.72. The number of carbonyl (C=O) groups excluding carboxylic acids is 1. The highest BCUT2D eigenvalue weighted by atomic mass is 19.4. The van der Waals surface area contributed by atoms with Gasteiger partial charge in [0, 0.05) is 27.2 Å². The van der Waals surface area contributed by atoms with Gasteiger partial charge in [-0.15, -0.1) is 0 Å². The highest BCUT2D eigenvalue weighted by molar-refractivity contribution is 5.99. The van der Waals surface area contributed by atoms with Crippen molar-refractivity contribution in [1.29, 1.82) is 0 Å². The molecule has 0 radical (unpaired) electrons. The molecule has 0 saturated heterocycles. The zero-order valence-corrected chi connectivity index (χ0v) is 15.7. The minimum Gasteiger partial charge on any atom is -0.505 e. The highest BCUT2D eigenvalue weighted by Gasteiger charge is 2.35. The second-order valence-corrected chi connectivity index (χ2v) is 6.69. The summed E-state index contributed by atoms with van der Waals surface area (Å²) in [6.07, 6.45) is -5.60. The lowest BCUT2D eigenvalue weighted by Crippen LogP contribution is -2.45. The van der Waals surface area contributed by atoms with E-state index in [4.69, 9.17) is 0 Å². The van der Waals surface area contributed by atoms with Crippen LogP contribution in [0.5, 0.6) is 5.75 Å². The van der Waals surface area contributed by atoms with Crippen molar-refractivity contribution in [3.05, 3.63) is 44.2 Å². The van der Waals surface area contributed by atoms with Crippen LogP contribution in [-0.2, 0) is 0 Å². The summed E-state index contributed by atoms with van der Waals surface area (Å²) in [6, 6.07) is 3.13. The predicted octanol–water partition coefficient (Wildman–Crippen LogP) is 2.21. The lowest BCUT2D eigenvalue weighted by molar-refractivity contribution is -0.137. The quantitative estimate of drug-likeness (QED) is 0.572. The summed E-state index contributed by atoms with van der Waals surface area (Å²) >= 11 is 0. The third-order valence-electron chi connectivity index (χ3n) is 4.36. The number of para-hydroxylation sites is 1. The average molecular weight is 399 g/mol. The zero-order chi connectivity index (χ0) is 21.4. The number of nitrogens with zero attached hydrogens (tertiary/aromatic N) is 2. The van der Waals surface area contributed by atoms with Gasteiger partial charge < -0.3 is 20.2 Å². The molecule has 2 aromatic rings. The molecule has 2 rings (SSSR count). The van der Waals surface area contributed by atoms with Gasteiger partial charge in [0.15, 0.2) is 5.75 Å². The lowest BCUT2D eigenvalue weighted by atomic mass is 10.1. The third-order valence-corrected chi connectivity index (χ3v) is 4.36. The molecule has 0 fully saturated rings. The molecule has 1 atom stereocenters. The second kappa shape index (κ2) is 7.53. The van der Waals surface area contributed by atoms with E-state index in [1.807, 2.05) is 0 Å². The van der Waals surface area contributed by atoms with Crippen LogP contribution in [0.15, 0.2) is 27.8 Å². The lowest BCUT2D eigenvalue weighted by Gasteiger charge is -2.30. The van der Waals surface area contributed by atoms with Gasteiger partial charge in [-0.3, -0.25) is 14.4 Å². The smallest absolute Gasteiger partial charge is 0.391 e. The number of benzene rings is 1. The minimum atomic E-state index is -4.43. The minimum absolute atomic E-state index is 0.0158. The zero-order valence-electron chi connectivity index (χ0n) is 15.7. The van der Waals surface area contributed by atoms with E-state index in [0.717, 1.165) is 4.90 Å². The van der Waals surface area contributed by atoms with Crippen LogP contribution in [0.4, 0.5) is 30.2 Å². The van der Waals surface area contributed by atoms with Gasteiger partial charge in [0.2, 0.25) is 0 Å². The number of hydrogen-bond donors (Lipinski definition) is 2. The molecule has 0 aromatic heterocycles. The number of rotatable bonds is 6. The molecule has 1 unspecified atom stereocenters. The highest BCUT2D eigenvalue weighted by Crippen LogP contribution is 2.34. The number of aromatic hydroxyl groups is 1. The van der Waals surface area contributed by atoms with E-state index in [9.17, 15) is 32.7 Å². The average Bonchev–Trinajstić information content (AvgIpc) is 2.59. The van der Waals surface area contributed by atoms with E-state index < -0.39 is 41.2 Å². The van der Waals surface area contributed by atoms with Crippen molar-refractivity contribution >= 4 is 23.0 Å². The van der Waals surface area contributed by atoms with Gasteiger partial charge in [0.1, 0.15) is 11.4 Å². The predicted molar refractivity (Wildman–Crippen MR) is 99.3 cm³/mol. The summed E-state index contributed by atoms with van der Waals surface area (Å²) in [7, 11) is 4.27. The fourth-order valence-corrected chi connectivity index (χ4v) is 2.72. The molecule has 0 aliphatic rings. The van der Waals surface area contributed by atoms with Gasteiger partial charge in [0.25, 0.3) is 16.8 Å². The van der Waals surface area contributed by atoms with E-state index in [1.54, 1.807) is 0 Å². The maximum atomic E-state index is 12.6. The number of amides is 1. The number of anilines is 3. The fraction of sp³-hybridized carbons (Fsp3) is 0.389. The molecular weight excluding hydrogens is 379 g/mol. The summed E-state index contributed by atoms with van der Waals surface area (Å²) in [5.74, 6) is -0.923. The van der Waals surface area contributed by atoms with Crippen molar-refractivity contribution in [2.24, 2.45) is 0 Å². The molecule has 0 aliphatic carbocycles. The molecule has 10 heteroatoms. The second-order valence-electron chi connectivity index (χ2n) is 6.69. The number of carbonyl (C=O) groups is 1. The van der Waals surface area contributed by atoms with Crippen LogP contribution in [0.25, 0.3) is 0 Å². The molecule has 0 heterocycles. The van der Waals surface area contributed by atoms with Gasteiger partial charge in [0.05, 0.1) is 17.7 Å². The number of phenolic OH excluding ortho intramolecular Hbond substituents is 1. The van der Waals surface area contributed by atoms with Gasteiger partial charge in [-0.2, -0.15) is 13.2 Å². The van der Waals surface area contributed by atoms with Crippen LogP contribution in [-0.4, -0.2) is 49.3 Å². The Labute approximate surface area is 158 Å². The van der Waals surface area contributed by atoms with Crippen LogP contribution in [0, 0.1) is 0 Å². The summed E-state index contributed by atoms with van der Waals surface area (Å²) in [4.78, 5) is 38.3. The molecule has 0 bridgehead atoms. The first-order chi connectivity index (χ1) is 12.8.